The first-order chi connectivity index (χ1) is 15.6. The molecule has 0 radical (unpaired) electrons. The van der Waals surface area contributed by atoms with Gasteiger partial charge < -0.3 is 9.47 Å². The molecule has 0 aliphatic carbocycles. The standard InChI is InChI=1S/C22H13F2N5O3/c23-15-3-2-13(10-16(15)24)28-6-5-17-14(21(28)30)11-25-22-26-20(27-29(17)22)12-1-4-18-19(9-12)32-8-7-31-18/h1-6,9-11H,7-8H2. The van der Waals surface area contributed by atoms with Crippen molar-refractivity contribution in [2.75, 3.05) is 13.2 Å². The van der Waals surface area contributed by atoms with Crippen molar-refractivity contribution in [1.29, 1.82) is 0 Å². The van der Waals surface area contributed by atoms with E-state index in [4.69, 9.17) is 9.47 Å². The molecule has 10 heteroatoms. The zero-order valence-corrected chi connectivity index (χ0v) is 16.3. The van der Waals surface area contributed by atoms with E-state index in [9.17, 15) is 13.6 Å². The maximum Gasteiger partial charge on any atom is 0.266 e. The number of aromatic nitrogens is 5. The van der Waals surface area contributed by atoms with Crippen LogP contribution in [0.2, 0.25) is 0 Å². The molecule has 0 atom stereocenters. The molecule has 8 nitrogen and oxygen atoms in total. The van der Waals surface area contributed by atoms with Gasteiger partial charge in [0.15, 0.2) is 29.0 Å². The van der Waals surface area contributed by atoms with Gasteiger partial charge in [0.2, 0.25) is 0 Å². The van der Waals surface area contributed by atoms with Crippen LogP contribution < -0.4 is 15.0 Å². The van der Waals surface area contributed by atoms with E-state index in [1.165, 1.54) is 27.5 Å². The van der Waals surface area contributed by atoms with E-state index in [1.807, 2.05) is 6.07 Å². The van der Waals surface area contributed by atoms with Crippen molar-refractivity contribution in [2.24, 2.45) is 0 Å². The Hall–Kier alpha value is -4.34. The van der Waals surface area contributed by atoms with Crippen molar-refractivity contribution in [3.8, 4) is 28.6 Å². The molecule has 0 amide bonds. The summed E-state index contributed by atoms with van der Waals surface area (Å²) in [5.41, 5.74) is 0.948. The number of hydrogen-bond donors (Lipinski definition) is 0. The molecule has 32 heavy (non-hydrogen) atoms. The summed E-state index contributed by atoms with van der Waals surface area (Å²) < 4.78 is 40.8. The summed E-state index contributed by atoms with van der Waals surface area (Å²) in [5, 5.41) is 4.77. The molecule has 0 N–H and O–H groups in total. The lowest BCUT2D eigenvalue weighted by molar-refractivity contribution is 0.171. The normalized spacial score (nSPS) is 13.1. The number of rotatable bonds is 2. The fourth-order valence-electron chi connectivity index (χ4n) is 3.66. The minimum absolute atomic E-state index is 0.200. The highest BCUT2D eigenvalue weighted by Gasteiger charge is 2.17. The Morgan fingerprint density at radius 3 is 2.62 bits per heavy atom. The molecule has 4 heterocycles. The fraction of sp³-hybridized carbons (Fsp3) is 0.0909. The molecular weight excluding hydrogens is 420 g/mol. The van der Waals surface area contributed by atoms with E-state index in [-0.39, 0.29) is 11.1 Å². The predicted octanol–water partition coefficient (Wildman–Crippen LogP) is 3.14. The molecular formula is C22H13F2N5O3. The van der Waals surface area contributed by atoms with Crippen molar-refractivity contribution in [1.82, 2.24) is 24.1 Å². The van der Waals surface area contributed by atoms with Crippen LogP contribution in [0.4, 0.5) is 8.78 Å². The average Bonchev–Trinajstić information content (AvgIpc) is 3.26. The van der Waals surface area contributed by atoms with Crippen LogP contribution in [0.25, 0.3) is 33.8 Å². The lowest BCUT2D eigenvalue weighted by atomic mass is 10.2. The van der Waals surface area contributed by atoms with Crippen LogP contribution in [-0.4, -0.2) is 37.4 Å². The summed E-state index contributed by atoms with van der Waals surface area (Å²) >= 11 is 0. The highest BCUT2D eigenvalue weighted by Crippen LogP contribution is 2.33. The third kappa shape index (κ3) is 2.80. The van der Waals surface area contributed by atoms with Crippen LogP contribution in [0.5, 0.6) is 11.5 Å². The van der Waals surface area contributed by atoms with Crippen molar-refractivity contribution < 1.29 is 18.3 Å². The zero-order chi connectivity index (χ0) is 21.8. The number of pyridine rings is 1. The average molecular weight is 433 g/mol. The van der Waals surface area contributed by atoms with Gasteiger partial charge in [0.25, 0.3) is 11.3 Å². The van der Waals surface area contributed by atoms with Crippen molar-refractivity contribution in [3.05, 3.63) is 76.8 Å². The van der Waals surface area contributed by atoms with Crippen molar-refractivity contribution >= 4 is 16.7 Å². The third-order valence-electron chi connectivity index (χ3n) is 5.22. The molecule has 0 bridgehead atoms. The van der Waals surface area contributed by atoms with Crippen LogP contribution in [0, 0.1) is 11.6 Å². The number of benzene rings is 2. The van der Waals surface area contributed by atoms with Gasteiger partial charge in [0.05, 0.1) is 16.6 Å². The Kier molecular flexibility index (Phi) is 3.94. The monoisotopic (exact) mass is 433 g/mol. The van der Waals surface area contributed by atoms with Crippen LogP contribution in [-0.2, 0) is 0 Å². The lowest BCUT2D eigenvalue weighted by Crippen LogP contribution is -2.19. The molecule has 0 fully saturated rings. The van der Waals surface area contributed by atoms with E-state index in [1.54, 1.807) is 18.2 Å². The zero-order valence-electron chi connectivity index (χ0n) is 16.3. The second kappa shape index (κ2) is 6.84. The van der Waals surface area contributed by atoms with Crippen LogP contribution in [0.1, 0.15) is 0 Å². The second-order valence-corrected chi connectivity index (χ2v) is 7.15. The maximum absolute atomic E-state index is 13.6. The lowest BCUT2D eigenvalue weighted by Gasteiger charge is -2.18. The molecule has 1 aliphatic rings. The van der Waals surface area contributed by atoms with Gasteiger partial charge in [-0.15, -0.1) is 5.10 Å². The first-order valence-corrected chi connectivity index (χ1v) is 9.71. The van der Waals surface area contributed by atoms with Gasteiger partial charge in [0, 0.05) is 24.0 Å². The van der Waals surface area contributed by atoms with Crippen LogP contribution >= 0.6 is 0 Å². The minimum Gasteiger partial charge on any atom is -0.486 e. The Morgan fingerprint density at radius 2 is 1.78 bits per heavy atom. The van der Waals surface area contributed by atoms with E-state index in [2.05, 4.69) is 15.1 Å². The number of hydrogen-bond acceptors (Lipinski definition) is 6. The summed E-state index contributed by atoms with van der Waals surface area (Å²) in [6.45, 7) is 0.961. The Bertz CT molecular complexity index is 1590. The quantitative estimate of drug-likeness (QED) is 0.425. The maximum atomic E-state index is 13.6. The molecule has 0 saturated heterocycles. The highest BCUT2D eigenvalue weighted by molar-refractivity contribution is 5.79. The summed E-state index contributed by atoms with van der Waals surface area (Å²) in [5.74, 6) is -0.0345. The molecule has 0 spiro atoms. The largest absolute Gasteiger partial charge is 0.486 e. The Morgan fingerprint density at radius 1 is 0.938 bits per heavy atom. The molecule has 0 saturated carbocycles. The number of fused-ring (bicyclic) bond motifs is 4. The highest BCUT2D eigenvalue weighted by atomic mass is 19.2. The molecule has 2 aromatic carbocycles. The summed E-state index contributed by atoms with van der Waals surface area (Å²) in [6, 6.07) is 10.3. The van der Waals surface area contributed by atoms with Gasteiger partial charge in [-0.3, -0.25) is 9.36 Å². The van der Waals surface area contributed by atoms with E-state index < -0.39 is 17.2 Å². The molecule has 5 aromatic rings. The van der Waals surface area contributed by atoms with Gasteiger partial charge in [-0.2, -0.15) is 9.50 Å². The molecule has 6 rings (SSSR count). The van der Waals surface area contributed by atoms with E-state index in [0.29, 0.717) is 47.4 Å². The van der Waals surface area contributed by atoms with Gasteiger partial charge in [-0.25, -0.2) is 13.8 Å². The van der Waals surface area contributed by atoms with Gasteiger partial charge >= 0.3 is 0 Å². The summed E-state index contributed by atoms with van der Waals surface area (Å²) in [4.78, 5) is 21.7. The SMILES string of the molecule is O=c1c2cnc3nc(-c4ccc5c(c4)OCCO5)nn3c2ccn1-c1ccc(F)c(F)c1. The fourth-order valence-corrected chi connectivity index (χ4v) is 3.66. The second-order valence-electron chi connectivity index (χ2n) is 7.15. The summed E-state index contributed by atoms with van der Waals surface area (Å²) in [6.07, 6.45) is 2.87. The predicted molar refractivity (Wildman–Crippen MR) is 110 cm³/mol. The molecule has 158 valence electrons. The summed E-state index contributed by atoms with van der Waals surface area (Å²) in [7, 11) is 0. The minimum atomic E-state index is -1.04. The smallest absolute Gasteiger partial charge is 0.266 e. The molecule has 3 aromatic heterocycles. The first kappa shape index (κ1) is 18.4. The number of halogens is 2. The van der Waals surface area contributed by atoms with Crippen LogP contribution in [0.3, 0.4) is 0 Å². The topological polar surface area (TPSA) is 83.5 Å². The van der Waals surface area contributed by atoms with Crippen molar-refractivity contribution in [2.45, 2.75) is 0 Å². The van der Waals surface area contributed by atoms with Gasteiger partial charge in [-0.1, -0.05) is 0 Å². The molecule has 0 unspecified atom stereocenters. The molecule has 1 aliphatic heterocycles. The van der Waals surface area contributed by atoms with E-state index in [0.717, 1.165) is 12.1 Å². The third-order valence-corrected chi connectivity index (χ3v) is 5.22. The Balaban J connectivity index is 1.49. The van der Waals surface area contributed by atoms with Gasteiger partial charge in [0.1, 0.15) is 13.2 Å². The van der Waals surface area contributed by atoms with Crippen LogP contribution in [0.15, 0.2) is 59.7 Å². The van der Waals surface area contributed by atoms with Crippen molar-refractivity contribution in [3.63, 3.8) is 0 Å². The first-order valence-electron chi connectivity index (χ1n) is 9.71. The number of ether oxygens (including phenoxy) is 2. The van der Waals surface area contributed by atoms with E-state index >= 15 is 0 Å². The number of nitrogens with zero attached hydrogens (tertiary/aromatic N) is 5. The van der Waals surface area contributed by atoms with Gasteiger partial charge in [-0.05, 0) is 36.4 Å². The Labute approximate surface area is 178 Å².